The fourth-order valence-corrected chi connectivity index (χ4v) is 2.85. The van der Waals surface area contributed by atoms with Crippen LogP contribution in [0.4, 0.5) is 0 Å². The first-order valence-corrected chi connectivity index (χ1v) is 8.50. The van der Waals surface area contributed by atoms with Crippen molar-refractivity contribution in [2.24, 2.45) is 0 Å². The summed E-state index contributed by atoms with van der Waals surface area (Å²) in [5.74, 6) is -1.27. The van der Waals surface area contributed by atoms with Crippen molar-refractivity contribution in [3.63, 3.8) is 0 Å². The molecule has 2 aromatic carbocycles. The van der Waals surface area contributed by atoms with E-state index >= 15 is 0 Å². The number of hydrogen-bond acceptors (Lipinski definition) is 5. The van der Waals surface area contributed by atoms with Gasteiger partial charge >= 0.3 is 11.9 Å². The first-order valence-electron chi connectivity index (χ1n) is 8.50. The van der Waals surface area contributed by atoms with E-state index in [0.717, 1.165) is 0 Å². The molecule has 0 fully saturated rings. The van der Waals surface area contributed by atoms with E-state index in [1.165, 1.54) is 6.92 Å². The summed E-state index contributed by atoms with van der Waals surface area (Å²) < 4.78 is 11.2. The molecule has 0 bridgehead atoms. The van der Waals surface area contributed by atoms with Gasteiger partial charge in [-0.3, -0.25) is 9.78 Å². The number of rotatable bonds is 6. The molecule has 136 valence electrons. The number of pyridine rings is 1. The van der Waals surface area contributed by atoms with Gasteiger partial charge in [-0.25, -0.2) is 4.79 Å². The van der Waals surface area contributed by atoms with Gasteiger partial charge in [0.2, 0.25) is 0 Å². The molecule has 27 heavy (non-hydrogen) atoms. The molecule has 0 N–H and O–H groups in total. The maximum absolute atomic E-state index is 13.2. The number of carbonyl (C=O) groups is 2. The molecule has 1 aromatic heterocycles. The van der Waals surface area contributed by atoms with Gasteiger partial charge in [0.1, 0.15) is 6.61 Å². The second kappa shape index (κ2) is 8.27. The Balaban J connectivity index is 2.05. The fraction of sp³-hybridized carbons (Fsp3) is 0.136. The first kappa shape index (κ1) is 18.3. The van der Waals surface area contributed by atoms with Crippen molar-refractivity contribution in [1.82, 2.24) is 4.98 Å². The maximum Gasteiger partial charge on any atom is 0.360 e. The van der Waals surface area contributed by atoms with Crippen LogP contribution >= 0.6 is 0 Å². The van der Waals surface area contributed by atoms with Crippen LogP contribution in [0.3, 0.4) is 0 Å². The molecule has 0 amide bonds. The monoisotopic (exact) mass is 361 g/mol. The molecule has 5 heteroatoms. The summed E-state index contributed by atoms with van der Waals surface area (Å²) in [5, 5.41) is 0. The van der Waals surface area contributed by atoms with Crippen LogP contribution < -0.4 is 0 Å². The second-order valence-corrected chi connectivity index (χ2v) is 5.90. The molecule has 0 unspecified atom stereocenters. The Kier molecular flexibility index (Phi) is 5.61. The smallest absolute Gasteiger partial charge is 0.360 e. The second-order valence-electron chi connectivity index (χ2n) is 5.90. The molecule has 0 aliphatic rings. The van der Waals surface area contributed by atoms with Gasteiger partial charge in [0.25, 0.3) is 5.60 Å². The molecule has 3 aromatic rings. The van der Waals surface area contributed by atoms with Crippen molar-refractivity contribution < 1.29 is 19.1 Å². The highest BCUT2D eigenvalue weighted by Crippen LogP contribution is 2.35. The molecule has 3 rings (SSSR count). The van der Waals surface area contributed by atoms with Crippen LogP contribution in [-0.4, -0.2) is 16.9 Å². The molecule has 0 radical (unpaired) electrons. The van der Waals surface area contributed by atoms with Crippen molar-refractivity contribution in [2.45, 2.75) is 19.1 Å². The minimum atomic E-state index is -1.69. The average Bonchev–Trinajstić information content (AvgIpc) is 2.72. The Morgan fingerprint density at radius 1 is 0.852 bits per heavy atom. The van der Waals surface area contributed by atoms with Crippen LogP contribution in [-0.2, 0) is 31.3 Å². The number of carbonyl (C=O) groups excluding carboxylic acids is 2. The molecule has 0 saturated carbocycles. The lowest BCUT2D eigenvalue weighted by molar-refractivity contribution is -0.179. The minimum absolute atomic E-state index is 0.0254. The predicted octanol–water partition coefficient (Wildman–Crippen LogP) is 3.63. The van der Waals surface area contributed by atoms with Gasteiger partial charge < -0.3 is 9.47 Å². The highest BCUT2D eigenvalue weighted by molar-refractivity contribution is 5.88. The number of hydrogen-bond donors (Lipinski definition) is 0. The van der Waals surface area contributed by atoms with Gasteiger partial charge in [0, 0.05) is 24.2 Å². The number of esters is 2. The molecule has 0 spiro atoms. The van der Waals surface area contributed by atoms with Crippen LogP contribution in [0.25, 0.3) is 0 Å². The van der Waals surface area contributed by atoms with E-state index in [1.807, 2.05) is 18.2 Å². The van der Waals surface area contributed by atoms with Crippen molar-refractivity contribution in [2.75, 3.05) is 0 Å². The Morgan fingerprint density at radius 3 is 1.89 bits per heavy atom. The number of nitrogens with zero attached hydrogens (tertiary/aromatic N) is 1. The Bertz CT molecular complexity index is 856. The molecule has 0 saturated heterocycles. The summed E-state index contributed by atoms with van der Waals surface area (Å²) in [6.45, 7) is 1.25. The van der Waals surface area contributed by atoms with Crippen LogP contribution in [0.1, 0.15) is 23.7 Å². The third-order valence-electron chi connectivity index (χ3n) is 4.02. The number of aromatic nitrogens is 1. The number of ether oxygens (including phenoxy) is 2. The standard InChI is InChI=1S/C22H19NO4/c1-17(24)27-22(18-10-4-2-5-11-18,19-12-6-3-7-13-19)21(25)26-16-20-14-8-9-15-23-20/h2-15H,16H2,1H3. The highest BCUT2D eigenvalue weighted by atomic mass is 16.6. The zero-order chi connectivity index (χ0) is 19.1. The van der Waals surface area contributed by atoms with Crippen LogP contribution in [0.2, 0.25) is 0 Å². The molecule has 1 heterocycles. The van der Waals surface area contributed by atoms with E-state index < -0.39 is 17.5 Å². The van der Waals surface area contributed by atoms with Crippen LogP contribution in [0.5, 0.6) is 0 Å². The van der Waals surface area contributed by atoms with E-state index in [0.29, 0.717) is 16.8 Å². The quantitative estimate of drug-likeness (QED) is 0.627. The zero-order valence-electron chi connectivity index (χ0n) is 14.9. The normalized spacial score (nSPS) is 10.9. The lowest BCUT2D eigenvalue weighted by Gasteiger charge is -2.31. The fourth-order valence-electron chi connectivity index (χ4n) is 2.85. The molecule has 0 aliphatic carbocycles. The molecule has 0 aliphatic heterocycles. The maximum atomic E-state index is 13.2. The largest absolute Gasteiger partial charge is 0.456 e. The van der Waals surface area contributed by atoms with Gasteiger partial charge in [0.15, 0.2) is 0 Å². The van der Waals surface area contributed by atoms with Crippen LogP contribution in [0.15, 0.2) is 85.1 Å². The Hall–Kier alpha value is -3.47. The summed E-state index contributed by atoms with van der Waals surface area (Å²) in [4.78, 5) is 29.3. The summed E-state index contributed by atoms with van der Waals surface area (Å²) in [7, 11) is 0. The van der Waals surface area contributed by atoms with Crippen molar-refractivity contribution >= 4 is 11.9 Å². The third-order valence-corrected chi connectivity index (χ3v) is 4.02. The van der Waals surface area contributed by atoms with E-state index in [1.54, 1.807) is 66.9 Å². The first-order chi connectivity index (χ1) is 13.1. The summed E-state index contributed by atoms with van der Waals surface area (Å²) in [6.07, 6.45) is 1.62. The van der Waals surface area contributed by atoms with E-state index in [4.69, 9.17) is 9.47 Å². The van der Waals surface area contributed by atoms with E-state index in [-0.39, 0.29) is 6.61 Å². The molecular weight excluding hydrogens is 342 g/mol. The van der Waals surface area contributed by atoms with E-state index in [2.05, 4.69) is 4.98 Å². The van der Waals surface area contributed by atoms with Gasteiger partial charge in [-0.1, -0.05) is 66.7 Å². The summed E-state index contributed by atoms with van der Waals surface area (Å²) in [5.41, 5.74) is -0.0677. The summed E-state index contributed by atoms with van der Waals surface area (Å²) >= 11 is 0. The van der Waals surface area contributed by atoms with E-state index in [9.17, 15) is 9.59 Å². The Labute approximate surface area is 157 Å². The zero-order valence-corrected chi connectivity index (χ0v) is 14.9. The SMILES string of the molecule is CC(=O)OC(C(=O)OCc1ccccn1)(c1ccccc1)c1ccccc1. The van der Waals surface area contributed by atoms with Crippen molar-refractivity contribution in [1.29, 1.82) is 0 Å². The molecular formula is C22H19NO4. The minimum Gasteiger partial charge on any atom is -0.456 e. The third kappa shape index (κ3) is 4.03. The highest BCUT2D eigenvalue weighted by Gasteiger charge is 2.47. The Morgan fingerprint density at radius 2 is 1.41 bits per heavy atom. The summed E-state index contributed by atoms with van der Waals surface area (Å²) in [6, 6.07) is 23.1. The molecule has 0 atom stereocenters. The van der Waals surface area contributed by atoms with Crippen molar-refractivity contribution in [3.05, 3.63) is 102 Å². The van der Waals surface area contributed by atoms with Crippen molar-refractivity contribution in [3.8, 4) is 0 Å². The molecule has 5 nitrogen and oxygen atoms in total. The van der Waals surface area contributed by atoms with Crippen LogP contribution in [0, 0.1) is 0 Å². The predicted molar refractivity (Wildman–Crippen MR) is 99.5 cm³/mol. The van der Waals surface area contributed by atoms with Gasteiger partial charge in [0.05, 0.1) is 5.69 Å². The average molecular weight is 361 g/mol. The van der Waals surface area contributed by atoms with Gasteiger partial charge in [-0.05, 0) is 12.1 Å². The lowest BCUT2D eigenvalue weighted by atomic mass is 9.86. The topological polar surface area (TPSA) is 65.5 Å². The van der Waals surface area contributed by atoms with Gasteiger partial charge in [-0.15, -0.1) is 0 Å². The van der Waals surface area contributed by atoms with Gasteiger partial charge in [-0.2, -0.15) is 0 Å². The number of benzene rings is 2. The lowest BCUT2D eigenvalue weighted by Crippen LogP contribution is -2.42.